The number of nitrogens with zero attached hydrogens (tertiary/aromatic N) is 1. The summed E-state index contributed by atoms with van der Waals surface area (Å²) in [6, 6.07) is 4.66. The Bertz CT molecular complexity index is 451. The molecule has 3 N–H and O–H groups in total. The molecule has 1 aromatic carbocycles. The maximum absolute atomic E-state index is 10.8. The number of nitro benzene ring substituents is 1. The van der Waals surface area contributed by atoms with Crippen LogP contribution < -0.4 is 11.1 Å². The average Bonchev–Trinajstić information content (AvgIpc) is 2.39. The van der Waals surface area contributed by atoms with Crippen LogP contribution >= 0.6 is 24.0 Å². The number of hydrogen-bond donors (Lipinski definition) is 2. The van der Waals surface area contributed by atoms with E-state index in [2.05, 4.69) is 5.32 Å². The van der Waals surface area contributed by atoms with Gasteiger partial charge in [-0.25, -0.2) is 0 Å². The van der Waals surface area contributed by atoms with Gasteiger partial charge in [0, 0.05) is 12.1 Å². The number of hydrogen-bond acceptors (Lipinski definition) is 4. The number of piperidine rings is 1. The van der Waals surface area contributed by atoms with Gasteiger partial charge in [0.1, 0.15) is 5.02 Å². The normalized spacial score (nSPS) is 17.6. The second kappa shape index (κ2) is 7.05. The van der Waals surface area contributed by atoms with Crippen LogP contribution in [0.5, 0.6) is 0 Å². The zero-order valence-corrected chi connectivity index (χ0v) is 11.9. The molecule has 1 saturated heterocycles. The topological polar surface area (TPSA) is 81.2 Å². The lowest BCUT2D eigenvalue weighted by Crippen LogP contribution is -2.33. The maximum Gasteiger partial charge on any atom is 0.288 e. The Labute approximate surface area is 123 Å². The van der Waals surface area contributed by atoms with Gasteiger partial charge in [0.25, 0.3) is 5.69 Å². The van der Waals surface area contributed by atoms with Crippen molar-refractivity contribution in [2.75, 3.05) is 13.1 Å². The van der Waals surface area contributed by atoms with E-state index in [-0.39, 0.29) is 29.2 Å². The van der Waals surface area contributed by atoms with Crippen molar-refractivity contribution in [3.8, 4) is 0 Å². The van der Waals surface area contributed by atoms with Crippen molar-refractivity contribution in [3.63, 3.8) is 0 Å². The summed E-state index contributed by atoms with van der Waals surface area (Å²) < 4.78 is 0. The number of rotatable bonds is 3. The molecule has 0 aliphatic carbocycles. The van der Waals surface area contributed by atoms with Crippen LogP contribution in [0, 0.1) is 16.0 Å². The highest BCUT2D eigenvalue weighted by Gasteiger charge is 2.24. The van der Waals surface area contributed by atoms with Crippen LogP contribution in [0.15, 0.2) is 18.2 Å². The summed E-state index contributed by atoms with van der Waals surface area (Å²) >= 11 is 5.79. The van der Waals surface area contributed by atoms with E-state index < -0.39 is 4.92 Å². The number of benzene rings is 1. The monoisotopic (exact) mass is 305 g/mol. The van der Waals surface area contributed by atoms with Gasteiger partial charge in [0.05, 0.1) is 4.92 Å². The van der Waals surface area contributed by atoms with Crippen LogP contribution in [0.1, 0.15) is 24.4 Å². The van der Waals surface area contributed by atoms with Crippen LogP contribution in [0.4, 0.5) is 5.69 Å². The molecular formula is C12H17Cl2N3O2. The van der Waals surface area contributed by atoms with E-state index in [0.717, 1.165) is 31.5 Å². The highest BCUT2D eigenvalue weighted by Crippen LogP contribution is 2.32. The summed E-state index contributed by atoms with van der Waals surface area (Å²) in [5.74, 6) is 0.368. The number of nitro groups is 1. The van der Waals surface area contributed by atoms with Gasteiger partial charge in [-0.2, -0.15) is 0 Å². The lowest BCUT2D eigenvalue weighted by molar-refractivity contribution is -0.384. The molecule has 0 bridgehead atoms. The van der Waals surface area contributed by atoms with Crippen molar-refractivity contribution in [2.24, 2.45) is 11.7 Å². The first kappa shape index (κ1) is 16.2. The summed E-state index contributed by atoms with van der Waals surface area (Å²) in [5.41, 5.74) is 6.91. The van der Waals surface area contributed by atoms with E-state index in [1.807, 2.05) is 0 Å². The van der Waals surface area contributed by atoms with Gasteiger partial charge in [-0.15, -0.1) is 12.4 Å². The fourth-order valence-corrected chi connectivity index (χ4v) is 2.54. The minimum Gasteiger partial charge on any atom is -0.324 e. The van der Waals surface area contributed by atoms with Crippen molar-refractivity contribution in [1.29, 1.82) is 0 Å². The molecule has 1 atom stereocenters. The predicted molar refractivity (Wildman–Crippen MR) is 77.9 cm³/mol. The molecule has 106 valence electrons. The predicted octanol–water partition coefficient (Wildman–Crippen LogP) is 2.67. The summed E-state index contributed by atoms with van der Waals surface area (Å²) in [6.07, 6.45) is 2.00. The smallest absolute Gasteiger partial charge is 0.288 e. The van der Waals surface area contributed by atoms with Crippen LogP contribution in [-0.2, 0) is 0 Å². The van der Waals surface area contributed by atoms with Crippen molar-refractivity contribution >= 4 is 29.7 Å². The Hall–Kier alpha value is -0.880. The molecule has 1 heterocycles. The summed E-state index contributed by atoms with van der Waals surface area (Å²) in [6.45, 7) is 1.90. The fourth-order valence-electron chi connectivity index (χ4n) is 2.35. The molecule has 0 spiro atoms. The van der Waals surface area contributed by atoms with Gasteiger partial charge in [0.15, 0.2) is 0 Å². The molecule has 19 heavy (non-hydrogen) atoms. The largest absolute Gasteiger partial charge is 0.324 e. The van der Waals surface area contributed by atoms with E-state index in [1.54, 1.807) is 12.1 Å². The molecule has 0 saturated carbocycles. The Morgan fingerprint density at radius 3 is 2.63 bits per heavy atom. The van der Waals surface area contributed by atoms with Crippen molar-refractivity contribution in [3.05, 3.63) is 38.9 Å². The van der Waals surface area contributed by atoms with Gasteiger partial charge >= 0.3 is 0 Å². The third-order valence-electron chi connectivity index (χ3n) is 3.44. The van der Waals surface area contributed by atoms with Gasteiger partial charge in [-0.05, 0) is 43.5 Å². The molecule has 1 aliphatic heterocycles. The zero-order chi connectivity index (χ0) is 13.1. The molecule has 0 amide bonds. The fraction of sp³-hybridized carbons (Fsp3) is 0.500. The second-order valence-electron chi connectivity index (χ2n) is 4.58. The molecule has 0 aromatic heterocycles. The quantitative estimate of drug-likeness (QED) is 0.664. The first-order valence-corrected chi connectivity index (χ1v) is 6.37. The van der Waals surface area contributed by atoms with E-state index in [4.69, 9.17) is 17.3 Å². The lowest BCUT2D eigenvalue weighted by Gasteiger charge is -2.28. The molecule has 2 rings (SSSR count). The van der Waals surface area contributed by atoms with Gasteiger partial charge in [-0.1, -0.05) is 17.7 Å². The summed E-state index contributed by atoms with van der Waals surface area (Å²) in [7, 11) is 0. The van der Waals surface area contributed by atoms with E-state index in [9.17, 15) is 10.1 Å². The number of nitrogens with two attached hydrogens (primary N) is 1. The first-order valence-electron chi connectivity index (χ1n) is 5.99. The minimum absolute atomic E-state index is 0. The second-order valence-corrected chi connectivity index (χ2v) is 4.99. The Morgan fingerprint density at radius 2 is 2.05 bits per heavy atom. The van der Waals surface area contributed by atoms with E-state index >= 15 is 0 Å². The Morgan fingerprint density at radius 1 is 1.42 bits per heavy atom. The van der Waals surface area contributed by atoms with Crippen LogP contribution in [0.3, 0.4) is 0 Å². The van der Waals surface area contributed by atoms with E-state index in [1.165, 1.54) is 6.07 Å². The molecule has 1 aliphatic rings. The van der Waals surface area contributed by atoms with Gasteiger partial charge in [0.2, 0.25) is 0 Å². The highest BCUT2D eigenvalue weighted by molar-refractivity contribution is 6.32. The van der Waals surface area contributed by atoms with Crippen LogP contribution in [0.25, 0.3) is 0 Å². The molecule has 5 nitrogen and oxygen atoms in total. The minimum atomic E-state index is -0.471. The lowest BCUT2D eigenvalue weighted by atomic mass is 9.86. The van der Waals surface area contributed by atoms with Gasteiger partial charge in [-0.3, -0.25) is 10.1 Å². The standard InChI is InChI=1S/C12H16ClN3O2.ClH/c13-10-2-1-9(7-11(10)16(17)18)12(14)8-3-5-15-6-4-8;/h1-2,7-8,12,15H,3-6,14H2;1H/t12-;/m1./s1. The van der Waals surface area contributed by atoms with Crippen molar-refractivity contribution in [2.45, 2.75) is 18.9 Å². The zero-order valence-electron chi connectivity index (χ0n) is 10.3. The highest BCUT2D eigenvalue weighted by atomic mass is 35.5. The average molecular weight is 306 g/mol. The molecule has 0 unspecified atom stereocenters. The van der Waals surface area contributed by atoms with Crippen LogP contribution in [0.2, 0.25) is 5.02 Å². The summed E-state index contributed by atoms with van der Waals surface area (Å²) in [5, 5.41) is 14.3. The number of halogens is 2. The third kappa shape index (κ3) is 3.79. The molecule has 1 fully saturated rings. The molecular weight excluding hydrogens is 289 g/mol. The van der Waals surface area contributed by atoms with Crippen molar-refractivity contribution in [1.82, 2.24) is 5.32 Å². The maximum atomic E-state index is 10.8. The number of nitrogens with one attached hydrogen (secondary N) is 1. The molecule has 7 heteroatoms. The third-order valence-corrected chi connectivity index (χ3v) is 3.76. The molecule has 0 radical (unpaired) electrons. The van der Waals surface area contributed by atoms with Gasteiger partial charge < -0.3 is 11.1 Å². The first-order chi connectivity index (χ1) is 8.59. The Kier molecular flexibility index (Phi) is 6.00. The van der Waals surface area contributed by atoms with E-state index in [0.29, 0.717) is 5.92 Å². The van der Waals surface area contributed by atoms with Crippen LogP contribution in [-0.4, -0.2) is 18.0 Å². The van der Waals surface area contributed by atoms with Crippen molar-refractivity contribution < 1.29 is 4.92 Å². The summed E-state index contributed by atoms with van der Waals surface area (Å²) in [4.78, 5) is 10.4. The molecule has 1 aromatic rings. The Balaban J connectivity index is 0.00000180. The SMILES string of the molecule is Cl.N[C@@H](c1ccc(Cl)c([N+](=O)[O-])c1)C1CCNCC1.